The first kappa shape index (κ1) is 17.0. The predicted octanol–water partition coefficient (Wildman–Crippen LogP) is -0.421. The van der Waals surface area contributed by atoms with E-state index in [4.69, 9.17) is 9.47 Å². The number of hydrogen-bond donors (Lipinski definition) is 0. The van der Waals surface area contributed by atoms with E-state index in [0.29, 0.717) is 26.3 Å². The van der Waals surface area contributed by atoms with Crippen LogP contribution in [-0.2, 0) is 19.1 Å². The summed E-state index contributed by atoms with van der Waals surface area (Å²) in [5.74, 6) is -0.636. The van der Waals surface area contributed by atoms with E-state index in [2.05, 4.69) is 11.9 Å². The molecular formula is C18H27N3O4. The average molecular weight is 349 g/mol. The summed E-state index contributed by atoms with van der Waals surface area (Å²) in [5.41, 5.74) is -0.610. The first-order chi connectivity index (χ1) is 12.1. The largest absolute Gasteiger partial charge is 0.380 e. The van der Waals surface area contributed by atoms with Gasteiger partial charge in [0.15, 0.2) is 0 Å². The number of likely N-dealkylation sites (N-methyl/N-ethyl adjacent to an activating group) is 1. The maximum Gasteiger partial charge on any atom is 0.230 e. The van der Waals surface area contributed by atoms with Crippen LogP contribution in [0.2, 0.25) is 0 Å². The van der Waals surface area contributed by atoms with E-state index in [-0.39, 0.29) is 29.8 Å². The third kappa shape index (κ3) is 2.69. The summed E-state index contributed by atoms with van der Waals surface area (Å²) >= 11 is 0. The summed E-state index contributed by atoms with van der Waals surface area (Å²) in [6.07, 6.45) is 3.73. The van der Waals surface area contributed by atoms with Crippen LogP contribution in [0.25, 0.3) is 0 Å². The van der Waals surface area contributed by atoms with Crippen molar-refractivity contribution in [3.05, 3.63) is 12.2 Å². The van der Waals surface area contributed by atoms with E-state index in [1.807, 2.05) is 24.0 Å². The number of ether oxygens (including phenoxy) is 2. The van der Waals surface area contributed by atoms with Gasteiger partial charge in [-0.3, -0.25) is 9.59 Å². The van der Waals surface area contributed by atoms with Crippen LogP contribution in [0.15, 0.2) is 12.2 Å². The van der Waals surface area contributed by atoms with Gasteiger partial charge in [-0.2, -0.15) is 0 Å². The highest BCUT2D eigenvalue weighted by Gasteiger charge is 2.67. The Bertz CT molecular complexity index is 587. The molecule has 0 saturated carbocycles. The Morgan fingerprint density at radius 1 is 1.36 bits per heavy atom. The lowest BCUT2D eigenvalue weighted by Gasteiger charge is -2.35. The topological polar surface area (TPSA) is 62.3 Å². The zero-order valence-electron chi connectivity index (χ0n) is 15.0. The van der Waals surface area contributed by atoms with Crippen LogP contribution < -0.4 is 0 Å². The normalized spacial score (nSPS) is 37.2. The van der Waals surface area contributed by atoms with E-state index in [1.165, 1.54) is 0 Å². The van der Waals surface area contributed by atoms with Crippen molar-refractivity contribution in [3.63, 3.8) is 0 Å². The number of hydrogen-bond acceptors (Lipinski definition) is 5. The first-order valence-electron chi connectivity index (χ1n) is 9.27. The minimum absolute atomic E-state index is 0.0408. The number of rotatable bonds is 5. The molecule has 4 atom stereocenters. The molecular weight excluding hydrogens is 322 g/mol. The molecule has 0 aromatic heterocycles. The molecule has 0 aromatic carbocycles. The van der Waals surface area contributed by atoms with Gasteiger partial charge < -0.3 is 24.2 Å². The molecule has 4 aliphatic rings. The van der Waals surface area contributed by atoms with E-state index < -0.39 is 5.60 Å². The Morgan fingerprint density at radius 3 is 2.84 bits per heavy atom. The number of carbonyl (C=O) groups excluding carboxylic acids is 2. The van der Waals surface area contributed by atoms with Gasteiger partial charge in [0, 0.05) is 39.3 Å². The smallest absolute Gasteiger partial charge is 0.230 e. The van der Waals surface area contributed by atoms with E-state index in [0.717, 1.165) is 26.2 Å². The molecule has 0 radical (unpaired) electrons. The van der Waals surface area contributed by atoms with Crippen molar-refractivity contribution in [2.75, 3.05) is 59.5 Å². The SMILES string of the molecule is CCOCCN1C[C@]23C=C[C@H](O2)C(C(=O)N2CCN(C)CC2)C3C1=O. The van der Waals surface area contributed by atoms with Gasteiger partial charge in [-0.1, -0.05) is 12.2 Å². The third-order valence-corrected chi connectivity index (χ3v) is 5.99. The number of amides is 2. The molecule has 7 heteroatoms. The Morgan fingerprint density at radius 2 is 2.12 bits per heavy atom. The summed E-state index contributed by atoms with van der Waals surface area (Å²) < 4.78 is 11.6. The van der Waals surface area contributed by atoms with Crippen LogP contribution in [-0.4, -0.2) is 97.7 Å². The molecule has 0 aromatic rings. The number of carbonyl (C=O) groups is 2. The number of likely N-dealkylation sites (tertiary alicyclic amines) is 1. The van der Waals surface area contributed by atoms with Gasteiger partial charge in [0.1, 0.15) is 5.60 Å². The summed E-state index contributed by atoms with van der Waals surface area (Å²) in [6.45, 7) is 7.40. The second kappa shape index (κ2) is 6.37. The fourth-order valence-corrected chi connectivity index (χ4v) is 4.61. The Kier molecular flexibility index (Phi) is 4.33. The van der Waals surface area contributed by atoms with E-state index in [9.17, 15) is 9.59 Å². The molecule has 2 amide bonds. The van der Waals surface area contributed by atoms with Crippen molar-refractivity contribution in [2.24, 2.45) is 11.8 Å². The average Bonchev–Trinajstić information content (AvgIpc) is 3.24. The van der Waals surface area contributed by atoms with Crippen molar-refractivity contribution in [1.82, 2.24) is 14.7 Å². The Hall–Kier alpha value is -1.44. The van der Waals surface area contributed by atoms with Gasteiger partial charge in [0.25, 0.3) is 0 Å². The van der Waals surface area contributed by atoms with Gasteiger partial charge in [-0.15, -0.1) is 0 Å². The lowest BCUT2D eigenvalue weighted by Crippen LogP contribution is -2.52. The molecule has 4 rings (SSSR count). The van der Waals surface area contributed by atoms with Crippen molar-refractivity contribution in [2.45, 2.75) is 18.6 Å². The third-order valence-electron chi connectivity index (χ3n) is 5.99. The lowest BCUT2D eigenvalue weighted by molar-refractivity contribution is -0.144. The van der Waals surface area contributed by atoms with Crippen LogP contribution in [0.3, 0.4) is 0 Å². The van der Waals surface area contributed by atoms with Crippen molar-refractivity contribution >= 4 is 11.8 Å². The second-order valence-electron chi connectivity index (χ2n) is 7.49. The standard InChI is InChI=1S/C18H27N3O4/c1-3-24-11-10-21-12-18-5-4-13(25-18)14(15(18)17(21)23)16(22)20-8-6-19(2)7-9-20/h4-5,13-15H,3,6-12H2,1-2H3/t13-,14?,15?,18-/m0/s1. The molecule has 4 aliphatic heterocycles. The highest BCUT2D eigenvalue weighted by Crippen LogP contribution is 2.52. The van der Waals surface area contributed by atoms with E-state index in [1.54, 1.807) is 4.90 Å². The molecule has 7 nitrogen and oxygen atoms in total. The summed E-state index contributed by atoms with van der Waals surface area (Å²) in [4.78, 5) is 32.1. The summed E-state index contributed by atoms with van der Waals surface area (Å²) in [6, 6.07) is 0. The van der Waals surface area contributed by atoms with Crippen LogP contribution in [0.1, 0.15) is 6.92 Å². The van der Waals surface area contributed by atoms with Crippen LogP contribution in [0.4, 0.5) is 0 Å². The first-order valence-corrected chi connectivity index (χ1v) is 9.27. The van der Waals surface area contributed by atoms with Gasteiger partial charge >= 0.3 is 0 Å². The van der Waals surface area contributed by atoms with Crippen LogP contribution >= 0.6 is 0 Å². The molecule has 2 bridgehead atoms. The van der Waals surface area contributed by atoms with Crippen LogP contribution in [0, 0.1) is 11.8 Å². The summed E-state index contributed by atoms with van der Waals surface area (Å²) in [5, 5.41) is 0. The highest BCUT2D eigenvalue weighted by molar-refractivity contribution is 5.93. The number of fused-ring (bicyclic) bond motifs is 1. The molecule has 0 aliphatic carbocycles. The maximum atomic E-state index is 13.1. The quantitative estimate of drug-likeness (QED) is 0.498. The molecule has 3 fully saturated rings. The van der Waals surface area contributed by atoms with Crippen LogP contribution in [0.5, 0.6) is 0 Å². The van der Waals surface area contributed by atoms with Gasteiger partial charge in [-0.05, 0) is 14.0 Å². The minimum Gasteiger partial charge on any atom is -0.380 e. The molecule has 138 valence electrons. The zero-order chi connectivity index (χ0) is 17.6. The van der Waals surface area contributed by atoms with Gasteiger partial charge in [-0.25, -0.2) is 0 Å². The number of piperazine rings is 1. The molecule has 25 heavy (non-hydrogen) atoms. The van der Waals surface area contributed by atoms with Gasteiger partial charge in [0.05, 0.1) is 31.1 Å². The molecule has 2 unspecified atom stereocenters. The van der Waals surface area contributed by atoms with E-state index >= 15 is 0 Å². The fourth-order valence-electron chi connectivity index (χ4n) is 4.61. The monoisotopic (exact) mass is 349 g/mol. The summed E-state index contributed by atoms with van der Waals surface area (Å²) in [7, 11) is 2.07. The number of nitrogens with zero attached hydrogens (tertiary/aromatic N) is 3. The second-order valence-corrected chi connectivity index (χ2v) is 7.49. The molecule has 4 heterocycles. The Balaban J connectivity index is 1.50. The lowest BCUT2D eigenvalue weighted by atomic mass is 9.76. The molecule has 1 spiro atoms. The molecule has 0 N–H and O–H groups in total. The van der Waals surface area contributed by atoms with Crippen molar-refractivity contribution in [3.8, 4) is 0 Å². The Labute approximate surface area is 148 Å². The minimum atomic E-state index is -0.610. The highest BCUT2D eigenvalue weighted by atomic mass is 16.5. The van der Waals surface area contributed by atoms with Crippen molar-refractivity contribution < 1.29 is 19.1 Å². The maximum absolute atomic E-state index is 13.1. The molecule has 3 saturated heterocycles. The fraction of sp³-hybridized carbons (Fsp3) is 0.778. The van der Waals surface area contributed by atoms with Crippen molar-refractivity contribution in [1.29, 1.82) is 0 Å². The predicted molar refractivity (Wildman–Crippen MR) is 90.9 cm³/mol. The zero-order valence-corrected chi connectivity index (χ0v) is 15.0. The van der Waals surface area contributed by atoms with Gasteiger partial charge in [0.2, 0.25) is 11.8 Å².